The third-order valence-electron chi connectivity index (χ3n) is 5.03. The molecule has 1 amide bonds. The van der Waals surface area contributed by atoms with Gasteiger partial charge >= 0.3 is 0 Å². The number of nitrogens with zero attached hydrogens (tertiary/aromatic N) is 5. The number of hydrazone groups is 1. The van der Waals surface area contributed by atoms with Crippen LogP contribution < -0.4 is 4.74 Å². The summed E-state index contributed by atoms with van der Waals surface area (Å²) in [5.41, 5.74) is 1.78. The smallest absolute Gasteiger partial charge is 0.253 e. The molecule has 0 saturated heterocycles. The molecular weight excluding hydrogens is 462 g/mol. The SMILES string of the molecule is COc1ccccc1-n1cnnc1SCC(=O)N1N=C(c2cccs2)C[C@@H]1c1cccs1. The van der Waals surface area contributed by atoms with Gasteiger partial charge in [0, 0.05) is 11.3 Å². The molecule has 0 N–H and O–H groups in total. The highest BCUT2D eigenvalue weighted by molar-refractivity contribution is 7.99. The Hall–Kier alpha value is -2.95. The highest BCUT2D eigenvalue weighted by Gasteiger charge is 2.34. The van der Waals surface area contributed by atoms with Crippen LogP contribution in [-0.4, -0.2) is 44.3 Å². The molecule has 5 rings (SSSR count). The van der Waals surface area contributed by atoms with Gasteiger partial charge in [-0.25, -0.2) is 5.01 Å². The van der Waals surface area contributed by atoms with Gasteiger partial charge in [0.25, 0.3) is 5.91 Å². The number of carbonyl (C=O) groups is 1. The first-order valence-corrected chi connectivity index (χ1v) is 12.6. The molecule has 32 heavy (non-hydrogen) atoms. The predicted octanol–water partition coefficient (Wildman–Crippen LogP) is 4.87. The van der Waals surface area contributed by atoms with Crippen LogP contribution in [0.1, 0.15) is 22.2 Å². The molecule has 162 valence electrons. The number of aromatic nitrogens is 3. The topological polar surface area (TPSA) is 72.6 Å². The van der Waals surface area contributed by atoms with E-state index in [4.69, 9.17) is 9.84 Å². The second kappa shape index (κ2) is 9.27. The van der Waals surface area contributed by atoms with E-state index in [0.717, 1.165) is 27.6 Å². The Bertz CT molecular complexity index is 1230. The van der Waals surface area contributed by atoms with Crippen LogP contribution in [0.2, 0.25) is 0 Å². The van der Waals surface area contributed by atoms with E-state index in [1.165, 1.54) is 11.8 Å². The highest BCUT2D eigenvalue weighted by atomic mass is 32.2. The van der Waals surface area contributed by atoms with E-state index in [1.807, 2.05) is 57.8 Å². The zero-order valence-corrected chi connectivity index (χ0v) is 19.6. The lowest BCUT2D eigenvalue weighted by molar-refractivity contribution is -0.130. The van der Waals surface area contributed by atoms with Gasteiger partial charge in [-0.2, -0.15) is 5.10 Å². The van der Waals surface area contributed by atoms with Gasteiger partial charge in [-0.15, -0.1) is 32.9 Å². The number of benzene rings is 1. The molecule has 0 saturated carbocycles. The molecule has 1 aromatic carbocycles. The lowest BCUT2D eigenvalue weighted by Crippen LogP contribution is -2.28. The highest BCUT2D eigenvalue weighted by Crippen LogP contribution is 2.36. The molecule has 0 unspecified atom stereocenters. The summed E-state index contributed by atoms with van der Waals surface area (Å²) in [6.45, 7) is 0. The minimum Gasteiger partial charge on any atom is -0.495 e. The Kier molecular flexibility index (Phi) is 6.06. The summed E-state index contributed by atoms with van der Waals surface area (Å²) in [5.74, 6) is 0.856. The average Bonchev–Trinajstić information content (AvgIpc) is 3.63. The number of para-hydroxylation sites is 2. The van der Waals surface area contributed by atoms with Crippen LogP contribution >= 0.6 is 34.4 Å². The fraction of sp³-hybridized carbons (Fsp3) is 0.182. The molecule has 0 spiro atoms. The number of methoxy groups -OCH3 is 1. The molecular formula is C22H19N5O2S3. The molecule has 7 nitrogen and oxygen atoms in total. The molecule has 10 heteroatoms. The van der Waals surface area contributed by atoms with Crippen LogP contribution in [0.5, 0.6) is 5.75 Å². The Morgan fingerprint density at radius 1 is 1.16 bits per heavy atom. The molecule has 0 radical (unpaired) electrons. The number of hydrogen-bond acceptors (Lipinski definition) is 8. The van der Waals surface area contributed by atoms with Gasteiger partial charge in [0.2, 0.25) is 0 Å². The van der Waals surface area contributed by atoms with Gasteiger partial charge in [-0.3, -0.25) is 9.36 Å². The first-order chi connectivity index (χ1) is 15.7. The second-order valence-corrected chi connectivity index (χ2v) is 9.81. The van der Waals surface area contributed by atoms with Crippen molar-refractivity contribution in [2.24, 2.45) is 5.10 Å². The minimum atomic E-state index is -0.0766. The number of ether oxygens (including phenoxy) is 1. The third kappa shape index (κ3) is 4.08. The molecule has 4 heterocycles. The van der Waals surface area contributed by atoms with Gasteiger partial charge in [-0.1, -0.05) is 36.0 Å². The number of rotatable bonds is 7. The Morgan fingerprint density at radius 3 is 2.78 bits per heavy atom. The average molecular weight is 482 g/mol. The molecule has 0 bridgehead atoms. The number of thioether (sulfide) groups is 1. The minimum absolute atomic E-state index is 0.0606. The Balaban J connectivity index is 1.36. The Labute approximate surface area is 197 Å². The maximum Gasteiger partial charge on any atom is 0.253 e. The van der Waals surface area contributed by atoms with Gasteiger partial charge in [0.1, 0.15) is 12.1 Å². The maximum absolute atomic E-state index is 13.3. The van der Waals surface area contributed by atoms with Crippen molar-refractivity contribution in [3.05, 3.63) is 75.4 Å². The van der Waals surface area contributed by atoms with Crippen molar-refractivity contribution in [1.29, 1.82) is 0 Å². The quantitative estimate of drug-likeness (QED) is 0.352. The zero-order chi connectivity index (χ0) is 21.9. The Morgan fingerprint density at radius 2 is 2.00 bits per heavy atom. The molecule has 3 aromatic heterocycles. The van der Waals surface area contributed by atoms with E-state index >= 15 is 0 Å². The van der Waals surface area contributed by atoms with E-state index in [-0.39, 0.29) is 17.7 Å². The number of amides is 1. The van der Waals surface area contributed by atoms with E-state index in [0.29, 0.717) is 10.9 Å². The summed E-state index contributed by atoms with van der Waals surface area (Å²) >= 11 is 4.63. The summed E-state index contributed by atoms with van der Waals surface area (Å²) in [5, 5.41) is 19.3. The fourth-order valence-corrected chi connectivity index (χ4v) is 5.85. The van der Waals surface area contributed by atoms with Crippen LogP contribution in [0, 0.1) is 0 Å². The standard InChI is InChI=1S/C22H19N5O2S3/c1-29-18-7-3-2-6-16(18)26-14-23-24-22(26)32-13-21(28)27-17(20-9-5-11-31-20)12-15(25-27)19-8-4-10-30-19/h2-11,14,17H,12-13H2,1H3/t17-/m1/s1. The first kappa shape index (κ1) is 20.9. The summed E-state index contributed by atoms with van der Waals surface area (Å²) in [6.07, 6.45) is 2.34. The van der Waals surface area contributed by atoms with Crippen LogP contribution in [-0.2, 0) is 4.79 Å². The van der Waals surface area contributed by atoms with Crippen molar-refractivity contribution in [3.8, 4) is 11.4 Å². The predicted molar refractivity (Wildman–Crippen MR) is 128 cm³/mol. The van der Waals surface area contributed by atoms with Crippen molar-refractivity contribution in [1.82, 2.24) is 19.8 Å². The van der Waals surface area contributed by atoms with Crippen molar-refractivity contribution in [2.75, 3.05) is 12.9 Å². The van der Waals surface area contributed by atoms with E-state index in [2.05, 4.69) is 16.3 Å². The van der Waals surface area contributed by atoms with Gasteiger partial charge in [0.15, 0.2) is 5.16 Å². The zero-order valence-electron chi connectivity index (χ0n) is 17.1. The normalized spacial score (nSPS) is 15.7. The molecule has 1 atom stereocenters. The second-order valence-electron chi connectivity index (χ2n) is 6.94. The van der Waals surface area contributed by atoms with Crippen LogP contribution in [0.25, 0.3) is 5.69 Å². The number of thiophene rings is 2. The molecule has 4 aromatic rings. The molecule has 0 fully saturated rings. The van der Waals surface area contributed by atoms with E-state index < -0.39 is 0 Å². The lowest BCUT2D eigenvalue weighted by atomic mass is 10.1. The molecule has 1 aliphatic heterocycles. The van der Waals surface area contributed by atoms with Crippen LogP contribution in [0.3, 0.4) is 0 Å². The molecule has 0 aliphatic carbocycles. The van der Waals surface area contributed by atoms with Gasteiger partial charge < -0.3 is 4.74 Å². The van der Waals surface area contributed by atoms with Gasteiger partial charge in [-0.05, 0) is 35.0 Å². The van der Waals surface area contributed by atoms with Crippen LogP contribution in [0.15, 0.2) is 75.9 Å². The van der Waals surface area contributed by atoms with E-state index in [1.54, 1.807) is 41.1 Å². The summed E-state index contributed by atoms with van der Waals surface area (Å²) in [6, 6.07) is 15.7. The van der Waals surface area contributed by atoms with Crippen molar-refractivity contribution >= 4 is 46.1 Å². The summed E-state index contributed by atoms with van der Waals surface area (Å²) < 4.78 is 7.29. The number of carbonyl (C=O) groups excluding carboxylic acids is 1. The first-order valence-electron chi connectivity index (χ1n) is 9.87. The van der Waals surface area contributed by atoms with Crippen molar-refractivity contribution in [3.63, 3.8) is 0 Å². The largest absolute Gasteiger partial charge is 0.495 e. The number of hydrogen-bond donors (Lipinski definition) is 0. The van der Waals surface area contributed by atoms with Crippen molar-refractivity contribution in [2.45, 2.75) is 17.6 Å². The van der Waals surface area contributed by atoms with Gasteiger partial charge in [0.05, 0.1) is 35.2 Å². The van der Waals surface area contributed by atoms with Crippen LogP contribution in [0.4, 0.5) is 0 Å². The fourth-order valence-electron chi connectivity index (χ4n) is 3.54. The van der Waals surface area contributed by atoms with Crippen molar-refractivity contribution < 1.29 is 9.53 Å². The summed E-state index contributed by atoms with van der Waals surface area (Å²) in [4.78, 5) is 15.5. The monoisotopic (exact) mass is 481 g/mol. The molecule has 1 aliphatic rings. The third-order valence-corrected chi connectivity index (χ3v) is 7.85. The lowest BCUT2D eigenvalue weighted by Gasteiger charge is -2.20. The maximum atomic E-state index is 13.3. The van der Waals surface area contributed by atoms with E-state index in [9.17, 15) is 4.79 Å². The summed E-state index contributed by atoms with van der Waals surface area (Å²) in [7, 11) is 1.63.